The summed E-state index contributed by atoms with van der Waals surface area (Å²) < 4.78 is 5.52. The van der Waals surface area contributed by atoms with Gasteiger partial charge < -0.3 is 4.42 Å². The molecule has 0 bridgehead atoms. The van der Waals surface area contributed by atoms with E-state index in [2.05, 4.69) is 27.2 Å². The van der Waals surface area contributed by atoms with Crippen LogP contribution in [0.1, 0.15) is 29.7 Å². The minimum Gasteiger partial charge on any atom is -0.425 e. The van der Waals surface area contributed by atoms with E-state index in [1.807, 2.05) is 19.1 Å². The van der Waals surface area contributed by atoms with Gasteiger partial charge in [-0.3, -0.25) is 4.90 Å². The van der Waals surface area contributed by atoms with E-state index in [0.717, 1.165) is 37.0 Å². The van der Waals surface area contributed by atoms with Gasteiger partial charge in [0.2, 0.25) is 11.8 Å². The molecule has 1 atom stereocenters. The summed E-state index contributed by atoms with van der Waals surface area (Å²) in [5.74, 6) is 1.79. The molecule has 3 rings (SSSR count). The summed E-state index contributed by atoms with van der Waals surface area (Å²) in [6.07, 6.45) is 1.08. The SMILES string of the molecule is Cc1nnc(C2CCN(Cc3ccc(Cl)cc3)C2)o1. The number of hydrogen-bond acceptors (Lipinski definition) is 4. The smallest absolute Gasteiger partial charge is 0.220 e. The third-order valence-electron chi connectivity index (χ3n) is 3.48. The number of aryl methyl sites for hydroxylation is 1. The molecule has 0 amide bonds. The lowest BCUT2D eigenvalue weighted by molar-refractivity contribution is 0.319. The number of likely N-dealkylation sites (tertiary alicyclic amines) is 1. The quantitative estimate of drug-likeness (QED) is 0.865. The van der Waals surface area contributed by atoms with Crippen molar-refractivity contribution in [3.8, 4) is 0 Å². The van der Waals surface area contributed by atoms with Gasteiger partial charge in [-0.25, -0.2) is 0 Å². The van der Waals surface area contributed by atoms with Crippen LogP contribution in [-0.2, 0) is 6.54 Å². The molecule has 2 heterocycles. The zero-order chi connectivity index (χ0) is 13.2. The van der Waals surface area contributed by atoms with E-state index in [-0.39, 0.29) is 0 Å². The Morgan fingerprint density at radius 1 is 1.32 bits per heavy atom. The summed E-state index contributed by atoms with van der Waals surface area (Å²) in [5.41, 5.74) is 1.28. The van der Waals surface area contributed by atoms with Gasteiger partial charge in [-0.2, -0.15) is 0 Å². The zero-order valence-corrected chi connectivity index (χ0v) is 11.6. The second-order valence-corrected chi connectivity index (χ2v) is 5.44. The van der Waals surface area contributed by atoms with Crippen LogP contribution in [0.5, 0.6) is 0 Å². The van der Waals surface area contributed by atoms with Gasteiger partial charge in [0.25, 0.3) is 0 Å². The molecular weight excluding hydrogens is 262 g/mol. The lowest BCUT2D eigenvalue weighted by Crippen LogP contribution is -2.19. The van der Waals surface area contributed by atoms with Gasteiger partial charge >= 0.3 is 0 Å². The molecule has 1 aliphatic heterocycles. The van der Waals surface area contributed by atoms with Crippen molar-refractivity contribution in [3.63, 3.8) is 0 Å². The second kappa shape index (κ2) is 5.31. The Labute approximate surface area is 117 Å². The molecule has 1 saturated heterocycles. The summed E-state index contributed by atoms with van der Waals surface area (Å²) in [5, 5.41) is 8.80. The van der Waals surface area contributed by atoms with Crippen LogP contribution in [0.4, 0.5) is 0 Å². The third kappa shape index (κ3) is 2.96. The molecule has 100 valence electrons. The third-order valence-corrected chi connectivity index (χ3v) is 3.73. The van der Waals surface area contributed by atoms with Gasteiger partial charge in [0.05, 0.1) is 5.92 Å². The van der Waals surface area contributed by atoms with Crippen LogP contribution in [0.2, 0.25) is 5.02 Å². The highest BCUT2D eigenvalue weighted by Gasteiger charge is 2.27. The molecule has 19 heavy (non-hydrogen) atoms. The van der Waals surface area contributed by atoms with Gasteiger partial charge in [0.1, 0.15) is 0 Å². The van der Waals surface area contributed by atoms with E-state index in [4.69, 9.17) is 16.0 Å². The fourth-order valence-electron chi connectivity index (χ4n) is 2.50. The van der Waals surface area contributed by atoms with E-state index in [0.29, 0.717) is 11.8 Å². The van der Waals surface area contributed by atoms with Gasteiger partial charge in [0.15, 0.2) is 0 Å². The van der Waals surface area contributed by atoms with Crippen molar-refractivity contribution in [2.45, 2.75) is 25.8 Å². The summed E-state index contributed by atoms with van der Waals surface area (Å²) in [7, 11) is 0. The molecule has 1 aromatic carbocycles. The molecule has 1 aromatic heterocycles. The molecule has 1 aliphatic rings. The molecule has 1 fully saturated rings. The molecule has 0 spiro atoms. The van der Waals surface area contributed by atoms with Gasteiger partial charge in [-0.15, -0.1) is 10.2 Å². The van der Waals surface area contributed by atoms with Crippen molar-refractivity contribution >= 4 is 11.6 Å². The maximum atomic E-state index is 5.89. The average Bonchev–Trinajstić information content (AvgIpc) is 3.01. The van der Waals surface area contributed by atoms with Crippen molar-refractivity contribution in [2.75, 3.05) is 13.1 Å². The lowest BCUT2D eigenvalue weighted by Gasteiger charge is -2.15. The van der Waals surface area contributed by atoms with Crippen LogP contribution in [0.3, 0.4) is 0 Å². The summed E-state index contributed by atoms with van der Waals surface area (Å²) in [4.78, 5) is 2.41. The standard InChI is InChI=1S/C14H16ClN3O/c1-10-16-17-14(19-10)12-6-7-18(9-12)8-11-2-4-13(15)5-3-11/h2-5,12H,6-9H2,1H3. The Bertz CT molecular complexity index is 552. The van der Waals surface area contributed by atoms with Crippen LogP contribution in [0.25, 0.3) is 0 Å². The molecule has 0 N–H and O–H groups in total. The van der Waals surface area contributed by atoms with E-state index >= 15 is 0 Å². The molecule has 0 aliphatic carbocycles. The van der Waals surface area contributed by atoms with Crippen molar-refractivity contribution in [1.29, 1.82) is 0 Å². The van der Waals surface area contributed by atoms with Gasteiger partial charge in [0, 0.05) is 25.0 Å². The summed E-state index contributed by atoms with van der Waals surface area (Å²) >= 11 is 5.89. The molecule has 1 unspecified atom stereocenters. The average molecular weight is 278 g/mol. The molecular formula is C14H16ClN3O. The van der Waals surface area contributed by atoms with Crippen molar-refractivity contribution in [2.24, 2.45) is 0 Å². The number of aromatic nitrogens is 2. The van der Waals surface area contributed by atoms with Crippen LogP contribution >= 0.6 is 11.6 Å². The fourth-order valence-corrected chi connectivity index (χ4v) is 2.63. The minimum absolute atomic E-state index is 0.369. The first-order chi connectivity index (χ1) is 9.20. The molecule has 0 saturated carbocycles. The second-order valence-electron chi connectivity index (χ2n) is 5.01. The first-order valence-electron chi connectivity index (χ1n) is 6.47. The van der Waals surface area contributed by atoms with Crippen LogP contribution in [0, 0.1) is 6.92 Å². The Kier molecular flexibility index (Phi) is 3.53. The Morgan fingerprint density at radius 2 is 2.11 bits per heavy atom. The molecule has 4 nitrogen and oxygen atoms in total. The minimum atomic E-state index is 0.369. The molecule has 2 aromatic rings. The first kappa shape index (κ1) is 12.6. The predicted octanol–water partition coefficient (Wildman–Crippen LogP) is 3.02. The van der Waals surface area contributed by atoms with Crippen molar-refractivity contribution in [3.05, 3.63) is 46.6 Å². The number of halogens is 1. The number of benzene rings is 1. The summed E-state index contributed by atoms with van der Waals surface area (Å²) in [6.45, 7) is 4.82. The topological polar surface area (TPSA) is 42.2 Å². The number of hydrogen-bond donors (Lipinski definition) is 0. The van der Waals surface area contributed by atoms with Gasteiger partial charge in [-0.05, 0) is 30.7 Å². The van der Waals surface area contributed by atoms with Crippen LogP contribution in [0.15, 0.2) is 28.7 Å². The van der Waals surface area contributed by atoms with E-state index in [1.54, 1.807) is 0 Å². The zero-order valence-electron chi connectivity index (χ0n) is 10.8. The molecule has 5 heteroatoms. The van der Waals surface area contributed by atoms with Crippen molar-refractivity contribution < 1.29 is 4.42 Å². The lowest BCUT2D eigenvalue weighted by atomic mass is 10.1. The highest BCUT2D eigenvalue weighted by Crippen LogP contribution is 2.27. The van der Waals surface area contributed by atoms with E-state index in [9.17, 15) is 0 Å². The largest absolute Gasteiger partial charge is 0.425 e. The van der Waals surface area contributed by atoms with Gasteiger partial charge in [-0.1, -0.05) is 23.7 Å². The van der Waals surface area contributed by atoms with Crippen LogP contribution in [-0.4, -0.2) is 28.2 Å². The van der Waals surface area contributed by atoms with E-state index in [1.165, 1.54) is 5.56 Å². The first-order valence-corrected chi connectivity index (χ1v) is 6.85. The Balaban J connectivity index is 1.61. The van der Waals surface area contributed by atoms with Crippen molar-refractivity contribution in [1.82, 2.24) is 15.1 Å². The maximum Gasteiger partial charge on any atom is 0.220 e. The fraction of sp³-hybridized carbons (Fsp3) is 0.429. The van der Waals surface area contributed by atoms with E-state index < -0.39 is 0 Å². The monoisotopic (exact) mass is 277 g/mol. The summed E-state index contributed by atoms with van der Waals surface area (Å²) in [6, 6.07) is 8.02. The molecule has 0 radical (unpaired) electrons. The maximum absolute atomic E-state index is 5.89. The highest BCUT2D eigenvalue weighted by atomic mass is 35.5. The Morgan fingerprint density at radius 3 is 2.79 bits per heavy atom. The normalized spacial score (nSPS) is 20.0. The predicted molar refractivity (Wildman–Crippen MR) is 73.1 cm³/mol. The Hall–Kier alpha value is -1.39. The highest BCUT2D eigenvalue weighted by molar-refractivity contribution is 6.30. The number of rotatable bonds is 3. The van der Waals surface area contributed by atoms with Crippen LogP contribution < -0.4 is 0 Å². The number of nitrogens with zero attached hydrogens (tertiary/aromatic N) is 3.